The van der Waals surface area contributed by atoms with E-state index in [0.717, 1.165) is 4.57 Å². The van der Waals surface area contributed by atoms with E-state index in [9.17, 15) is 14.7 Å². The lowest BCUT2D eigenvalue weighted by molar-refractivity contribution is 0.102. The number of nitrogens with zero attached hydrogens (tertiary/aromatic N) is 1. The zero-order chi connectivity index (χ0) is 15.9. The Morgan fingerprint density at radius 2 is 2.09 bits per heavy atom. The Labute approximate surface area is 133 Å². The van der Waals surface area contributed by atoms with Crippen molar-refractivity contribution in [1.82, 2.24) is 4.57 Å². The Morgan fingerprint density at radius 1 is 1.32 bits per heavy atom. The molecule has 2 aromatic heterocycles. The van der Waals surface area contributed by atoms with Gasteiger partial charge in [-0.1, -0.05) is 11.6 Å². The van der Waals surface area contributed by atoms with Gasteiger partial charge in [-0.05, 0) is 35.7 Å². The highest BCUT2D eigenvalue weighted by Gasteiger charge is 2.25. The molecule has 2 heterocycles. The molecule has 2 amide bonds. The van der Waals surface area contributed by atoms with Crippen LogP contribution >= 0.6 is 22.9 Å². The van der Waals surface area contributed by atoms with Crippen LogP contribution in [0.5, 0.6) is 5.88 Å². The summed E-state index contributed by atoms with van der Waals surface area (Å²) in [4.78, 5) is 24.0. The number of amides is 2. The van der Waals surface area contributed by atoms with Crippen molar-refractivity contribution in [3.05, 3.63) is 46.3 Å². The normalized spacial score (nSPS) is 10.8. The van der Waals surface area contributed by atoms with E-state index in [1.165, 1.54) is 23.5 Å². The van der Waals surface area contributed by atoms with E-state index in [-0.39, 0.29) is 5.56 Å². The van der Waals surface area contributed by atoms with Crippen molar-refractivity contribution in [3.8, 4) is 5.88 Å². The molecular formula is C14H10ClN3O3S. The van der Waals surface area contributed by atoms with Gasteiger partial charge in [-0.2, -0.15) is 0 Å². The van der Waals surface area contributed by atoms with Gasteiger partial charge in [0.2, 0.25) is 5.88 Å². The minimum Gasteiger partial charge on any atom is -0.494 e. The number of nitrogens with two attached hydrogens (primary N) is 1. The summed E-state index contributed by atoms with van der Waals surface area (Å²) in [5.41, 5.74) is 5.53. The van der Waals surface area contributed by atoms with Crippen LogP contribution in [-0.4, -0.2) is 21.6 Å². The van der Waals surface area contributed by atoms with E-state index in [4.69, 9.17) is 17.3 Å². The van der Waals surface area contributed by atoms with E-state index >= 15 is 0 Å². The van der Waals surface area contributed by atoms with E-state index in [1.54, 1.807) is 23.6 Å². The molecular weight excluding hydrogens is 326 g/mol. The van der Waals surface area contributed by atoms with Gasteiger partial charge in [-0.3, -0.25) is 4.79 Å². The van der Waals surface area contributed by atoms with E-state index in [0.29, 0.717) is 20.9 Å². The highest BCUT2D eigenvalue weighted by atomic mass is 35.5. The van der Waals surface area contributed by atoms with Gasteiger partial charge in [0.25, 0.3) is 5.91 Å². The number of aromatic nitrogens is 1. The molecule has 1 aromatic carbocycles. The van der Waals surface area contributed by atoms with Crippen molar-refractivity contribution >= 4 is 50.8 Å². The lowest BCUT2D eigenvalue weighted by Gasteiger charge is -2.02. The number of halogens is 1. The number of benzene rings is 1. The highest BCUT2D eigenvalue weighted by Crippen LogP contribution is 2.33. The minimum atomic E-state index is -0.889. The Morgan fingerprint density at radius 3 is 2.73 bits per heavy atom. The van der Waals surface area contributed by atoms with Crippen LogP contribution in [0, 0.1) is 0 Å². The van der Waals surface area contributed by atoms with Gasteiger partial charge in [0.05, 0.1) is 10.5 Å². The van der Waals surface area contributed by atoms with E-state index in [1.807, 2.05) is 0 Å². The molecule has 112 valence electrons. The maximum Gasteiger partial charge on any atom is 0.326 e. The number of hydrogen-bond donors (Lipinski definition) is 3. The second kappa shape index (κ2) is 5.36. The summed E-state index contributed by atoms with van der Waals surface area (Å²) >= 11 is 7.28. The van der Waals surface area contributed by atoms with Gasteiger partial charge in [0.15, 0.2) is 0 Å². The number of rotatable bonds is 2. The average molecular weight is 336 g/mol. The molecule has 0 atom stereocenters. The summed E-state index contributed by atoms with van der Waals surface area (Å²) in [6.45, 7) is 0. The van der Waals surface area contributed by atoms with Crippen LogP contribution in [0.4, 0.5) is 9.80 Å². The summed E-state index contributed by atoms with van der Waals surface area (Å²) in [6, 6.07) is 7.18. The average Bonchev–Trinajstić information content (AvgIpc) is 3.03. The van der Waals surface area contributed by atoms with Gasteiger partial charge in [-0.25, -0.2) is 9.36 Å². The zero-order valence-corrected chi connectivity index (χ0v) is 12.6. The third-order valence-electron chi connectivity index (χ3n) is 3.11. The highest BCUT2D eigenvalue weighted by molar-refractivity contribution is 7.14. The Bertz CT molecular complexity index is 887. The predicted molar refractivity (Wildman–Crippen MR) is 85.9 cm³/mol. The van der Waals surface area contributed by atoms with Crippen molar-refractivity contribution in [1.29, 1.82) is 0 Å². The predicted octanol–water partition coefficient (Wildman–Crippen LogP) is 3.24. The molecule has 0 unspecified atom stereocenters. The quantitative estimate of drug-likeness (QED) is 0.670. The Hall–Kier alpha value is -2.51. The first-order chi connectivity index (χ1) is 10.5. The molecule has 4 N–H and O–H groups in total. The molecule has 0 spiro atoms. The maximum absolute atomic E-state index is 12.4. The first-order valence-electron chi connectivity index (χ1n) is 6.16. The summed E-state index contributed by atoms with van der Waals surface area (Å²) in [5.74, 6) is -1.06. The molecule has 0 saturated heterocycles. The molecule has 3 aromatic rings. The van der Waals surface area contributed by atoms with Crippen molar-refractivity contribution in [2.75, 3.05) is 5.32 Å². The zero-order valence-electron chi connectivity index (χ0n) is 11.0. The SMILES string of the molecule is NC(=O)n1c(O)c(C(=O)Nc2cccs2)c2cc(Cl)ccc21. The lowest BCUT2D eigenvalue weighted by Crippen LogP contribution is -2.19. The molecule has 0 aliphatic carbocycles. The number of hydrogen-bond acceptors (Lipinski definition) is 4. The van der Waals surface area contributed by atoms with Crippen LogP contribution in [0.15, 0.2) is 35.7 Å². The topological polar surface area (TPSA) is 97.3 Å². The van der Waals surface area contributed by atoms with Crippen LogP contribution in [0.3, 0.4) is 0 Å². The lowest BCUT2D eigenvalue weighted by atomic mass is 10.1. The number of aromatic hydroxyl groups is 1. The van der Waals surface area contributed by atoms with E-state index in [2.05, 4.69) is 5.32 Å². The fourth-order valence-corrected chi connectivity index (χ4v) is 3.01. The smallest absolute Gasteiger partial charge is 0.326 e. The first kappa shape index (κ1) is 14.4. The largest absolute Gasteiger partial charge is 0.494 e. The van der Waals surface area contributed by atoms with Crippen LogP contribution in [0.25, 0.3) is 10.9 Å². The molecule has 6 nitrogen and oxygen atoms in total. The van der Waals surface area contributed by atoms with Gasteiger partial charge >= 0.3 is 6.03 Å². The number of carbonyl (C=O) groups is 2. The van der Waals surface area contributed by atoms with E-state index < -0.39 is 17.8 Å². The Balaban J connectivity index is 2.19. The maximum atomic E-state index is 12.4. The van der Waals surface area contributed by atoms with Crippen LogP contribution in [0.2, 0.25) is 5.02 Å². The van der Waals surface area contributed by atoms with Crippen molar-refractivity contribution < 1.29 is 14.7 Å². The molecule has 0 radical (unpaired) electrons. The number of thiophene rings is 1. The third kappa shape index (κ3) is 2.30. The molecule has 0 aliphatic heterocycles. The van der Waals surface area contributed by atoms with Crippen LogP contribution in [0.1, 0.15) is 10.4 Å². The number of carbonyl (C=O) groups excluding carboxylic acids is 2. The summed E-state index contributed by atoms with van der Waals surface area (Å²) in [7, 11) is 0. The van der Waals surface area contributed by atoms with Gasteiger partial charge in [0.1, 0.15) is 5.56 Å². The van der Waals surface area contributed by atoms with Crippen molar-refractivity contribution in [3.63, 3.8) is 0 Å². The monoisotopic (exact) mass is 335 g/mol. The first-order valence-corrected chi connectivity index (χ1v) is 7.42. The number of primary amides is 1. The fourth-order valence-electron chi connectivity index (χ4n) is 2.22. The second-order valence-corrected chi connectivity index (χ2v) is 5.85. The molecule has 0 saturated carbocycles. The Kier molecular flexibility index (Phi) is 3.51. The van der Waals surface area contributed by atoms with Crippen molar-refractivity contribution in [2.24, 2.45) is 5.73 Å². The number of nitrogens with one attached hydrogen (secondary N) is 1. The molecule has 0 aliphatic rings. The number of fused-ring (bicyclic) bond motifs is 1. The number of anilines is 1. The molecule has 0 bridgehead atoms. The van der Waals surface area contributed by atoms with Crippen LogP contribution in [-0.2, 0) is 0 Å². The summed E-state index contributed by atoms with van der Waals surface area (Å²) in [5, 5.41) is 16.0. The second-order valence-electron chi connectivity index (χ2n) is 4.47. The molecule has 8 heteroatoms. The molecule has 0 fully saturated rings. The van der Waals surface area contributed by atoms with Crippen LogP contribution < -0.4 is 11.1 Å². The van der Waals surface area contributed by atoms with Crippen molar-refractivity contribution in [2.45, 2.75) is 0 Å². The van der Waals surface area contributed by atoms with Gasteiger partial charge in [0, 0.05) is 10.4 Å². The third-order valence-corrected chi connectivity index (χ3v) is 4.13. The molecule has 3 rings (SSSR count). The standard InChI is InChI=1S/C14H10ClN3O3S/c15-7-3-4-9-8(6-7)11(13(20)18(9)14(16)21)12(19)17-10-2-1-5-22-10/h1-6,20H,(H2,16,21)(H,17,19). The summed E-state index contributed by atoms with van der Waals surface area (Å²) in [6.07, 6.45) is 0. The minimum absolute atomic E-state index is 0.0512. The molecule has 22 heavy (non-hydrogen) atoms. The van der Waals surface area contributed by atoms with Gasteiger partial charge in [-0.15, -0.1) is 11.3 Å². The fraction of sp³-hybridized carbons (Fsp3) is 0. The van der Waals surface area contributed by atoms with Gasteiger partial charge < -0.3 is 16.2 Å². The summed E-state index contributed by atoms with van der Waals surface area (Å²) < 4.78 is 0.870.